The monoisotopic (exact) mass is 623 g/mol. The number of aliphatic hydroxyl groups excluding tert-OH is 8. The maximum absolute atomic E-state index is 10.7. The molecule has 0 aliphatic carbocycles. The van der Waals surface area contributed by atoms with Crippen molar-refractivity contribution in [2.75, 3.05) is 19.8 Å². The van der Waals surface area contributed by atoms with Crippen LogP contribution < -0.4 is 5.73 Å². The Labute approximate surface area is 255 Å². The topological polar surface area (TPSA) is 225 Å². The summed E-state index contributed by atoms with van der Waals surface area (Å²) >= 11 is 0. The van der Waals surface area contributed by atoms with Gasteiger partial charge in [-0.2, -0.15) is 0 Å². The molecule has 2 aliphatic rings. The van der Waals surface area contributed by atoms with E-state index >= 15 is 0 Å². The quantitative estimate of drug-likeness (QED) is 0.0585. The summed E-state index contributed by atoms with van der Waals surface area (Å²) in [5.41, 5.74) is 6.04. The zero-order valence-electron chi connectivity index (χ0n) is 25.5. The van der Waals surface area contributed by atoms with E-state index in [9.17, 15) is 40.9 Å². The molecule has 0 aromatic carbocycles. The Hall–Kier alpha value is -0.780. The molecule has 13 nitrogen and oxygen atoms in total. The molecule has 12 atom stereocenters. The SMILES string of the molecule is CCCCCCCCCCCCC/C=C/[C@H](O)[C@H](N)CO[C@@H]1O[C@H](CO)[C@H](O[C@@H]2O[C@@H](CO)[C@H](O)[C@@H](O)[C@H]2O)[C@H](O)[C@H]1O. The summed E-state index contributed by atoms with van der Waals surface area (Å²) in [5, 5.41) is 81.0. The summed E-state index contributed by atoms with van der Waals surface area (Å²) in [6.07, 6.45) is 1.80. The van der Waals surface area contributed by atoms with Gasteiger partial charge in [-0.05, 0) is 12.8 Å². The van der Waals surface area contributed by atoms with E-state index in [4.69, 9.17) is 24.7 Å². The Morgan fingerprint density at radius 1 is 0.698 bits per heavy atom. The van der Waals surface area contributed by atoms with E-state index in [1.165, 1.54) is 57.8 Å². The minimum atomic E-state index is -1.75. The fourth-order valence-corrected chi connectivity index (χ4v) is 5.30. The highest BCUT2D eigenvalue weighted by atomic mass is 16.7. The van der Waals surface area contributed by atoms with Gasteiger partial charge < -0.3 is 65.5 Å². The number of nitrogens with two attached hydrogens (primary N) is 1. The molecule has 2 rings (SSSR count). The standard InChI is InChI=1S/C30H57NO12/c1-2-3-4-5-6-7-8-9-10-11-12-13-14-15-20(34)19(31)18-40-29-27(39)25(37)28(22(17-33)42-29)43-30-26(38)24(36)23(35)21(16-32)41-30/h14-15,19-30,32-39H,2-13,16-18,31H2,1H3/b15-14+/t19-,20+,21+,22-,23+,24-,25-,26-,27-,28+,29-,30+/m1/s1. The number of aliphatic hydroxyl groups is 8. The second kappa shape index (κ2) is 21.1. The average Bonchev–Trinajstić information content (AvgIpc) is 3.01. The average molecular weight is 624 g/mol. The summed E-state index contributed by atoms with van der Waals surface area (Å²) in [7, 11) is 0. The summed E-state index contributed by atoms with van der Waals surface area (Å²) in [6, 6.07) is -0.850. The van der Waals surface area contributed by atoms with E-state index in [2.05, 4.69) is 6.92 Å². The molecular formula is C30H57NO12. The molecule has 43 heavy (non-hydrogen) atoms. The van der Waals surface area contributed by atoms with Crippen molar-refractivity contribution in [3.63, 3.8) is 0 Å². The molecule has 2 fully saturated rings. The molecule has 0 radical (unpaired) electrons. The first-order valence-electron chi connectivity index (χ1n) is 16.0. The van der Waals surface area contributed by atoms with Gasteiger partial charge in [0.25, 0.3) is 0 Å². The van der Waals surface area contributed by atoms with Crippen molar-refractivity contribution in [3.8, 4) is 0 Å². The lowest BCUT2D eigenvalue weighted by atomic mass is 9.97. The molecule has 0 aromatic rings. The minimum Gasteiger partial charge on any atom is -0.394 e. The maximum atomic E-state index is 10.7. The molecule has 0 bridgehead atoms. The van der Waals surface area contributed by atoms with Crippen molar-refractivity contribution in [1.82, 2.24) is 0 Å². The largest absolute Gasteiger partial charge is 0.394 e. The van der Waals surface area contributed by atoms with Gasteiger partial charge in [0.2, 0.25) is 0 Å². The van der Waals surface area contributed by atoms with Crippen LogP contribution in [0.5, 0.6) is 0 Å². The summed E-state index contributed by atoms with van der Waals surface area (Å²) in [4.78, 5) is 0. The van der Waals surface area contributed by atoms with E-state index in [0.717, 1.165) is 19.3 Å². The van der Waals surface area contributed by atoms with Gasteiger partial charge in [0.05, 0.1) is 32.0 Å². The summed E-state index contributed by atoms with van der Waals surface area (Å²) in [6.45, 7) is 0.641. The Morgan fingerprint density at radius 2 is 1.23 bits per heavy atom. The van der Waals surface area contributed by atoms with Crippen molar-refractivity contribution in [3.05, 3.63) is 12.2 Å². The molecule has 0 unspecified atom stereocenters. The molecule has 10 N–H and O–H groups in total. The van der Waals surface area contributed by atoms with Crippen LogP contribution in [0.1, 0.15) is 84.0 Å². The second-order valence-electron chi connectivity index (χ2n) is 11.7. The minimum absolute atomic E-state index is 0.227. The lowest BCUT2D eigenvalue weighted by Crippen LogP contribution is -2.64. The van der Waals surface area contributed by atoms with Gasteiger partial charge in [-0.25, -0.2) is 0 Å². The third kappa shape index (κ3) is 12.5. The first-order valence-corrected chi connectivity index (χ1v) is 16.0. The van der Waals surface area contributed by atoms with E-state index in [-0.39, 0.29) is 6.61 Å². The van der Waals surface area contributed by atoms with Gasteiger partial charge in [0, 0.05) is 0 Å². The molecule has 0 spiro atoms. The third-order valence-corrected chi connectivity index (χ3v) is 8.16. The van der Waals surface area contributed by atoms with Gasteiger partial charge in [-0.1, -0.05) is 83.3 Å². The van der Waals surface area contributed by atoms with Crippen LogP contribution in [0.4, 0.5) is 0 Å². The number of ether oxygens (including phenoxy) is 4. The number of rotatable bonds is 21. The highest BCUT2D eigenvalue weighted by Crippen LogP contribution is 2.29. The van der Waals surface area contributed by atoms with Gasteiger partial charge >= 0.3 is 0 Å². The van der Waals surface area contributed by atoms with Gasteiger partial charge in [-0.15, -0.1) is 0 Å². The maximum Gasteiger partial charge on any atom is 0.187 e. The Morgan fingerprint density at radius 3 is 1.81 bits per heavy atom. The number of unbranched alkanes of at least 4 members (excludes halogenated alkanes) is 11. The molecule has 2 saturated heterocycles. The number of allylic oxidation sites excluding steroid dienone is 1. The normalized spacial score (nSPS) is 34.9. The predicted molar refractivity (Wildman–Crippen MR) is 157 cm³/mol. The zero-order chi connectivity index (χ0) is 31.8. The first kappa shape index (κ1) is 38.4. The molecule has 254 valence electrons. The summed E-state index contributed by atoms with van der Waals surface area (Å²) in [5.74, 6) is 0. The van der Waals surface area contributed by atoms with E-state index in [1.54, 1.807) is 6.08 Å². The van der Waals surface area contributed by atoms with Crippen molar-refractivity contribution in [2.24, 2.45) is 5.73 Å². The first-order chi connectivity index (χ1) is 20.7. The van der Waals surface area contributed by atoms with Crippen LogP contribution in [-0.2, 0) is 18.9 Å². The molecule has 0 amide bonds. The Bertz CT molecular complexity index is 744. The highest BCUT2D eigenvalue weighted by Gasteiger charge is 2.50. The van der Waals surface area contributed by atoms with Crippen LogP contribution in [0.15, 0.2) is 12.2 Å². The zero-order valence-corrected chi connectivity index (χ0v) is 25.5. The van der Waals surface area contributed by atoms with Crippen LogP contribution in [0, 0.1) is 0 Å². The molecule has 2 heterocycles. The van der Waals surface area contributed by atoms with Crippen molar-refractivity contribution in [1.29, 1.82) is 0 Å². The molecule has 0 aromatic heterocycles. The fraction of sp³-hybridized carbons (Fsp3) is 0.933. The third-order valence-electron chi connectivity index (χ3n) is 8.16. The Balaban J connectivity index is 1.70. The molecule has 0 saturated carbocycles. The van der Waals surface area contributed by atoms with E-state index < -0.39 is 86.8 Å². The smallest absolute Gasteiger partial charge is 0.187 e. The fourth-order valence-electron chi connectivity index (χ4n) is 5.30. The van der Waals surface area contributed by atoms with Crippen LogP contribution in [-0.4, -0.2) is 134 Å². The predicted octanol–water partition coefficient (Wildman–Crippen LogP) is -0.427. The molecule has 13 heteroatoms. The van der Waals surface area contributed by atoms with Crippen molar-refractivity contribution in [2.45, 2.75) is 158 Å². The lowest BCUT2D eigenvalue weighted by Gasteiger charge is -2.46. The number of hydrogen-bond donors (Lipinski definition) is 9. The molecular weight excluding hydrogens is 566 g/mol. The van der Waals surface area contributed by atoms with Crippen molar-refractivity contribution < 1.29 is 59.8 Å². The number of hydrogen-bond acceptors (Lipinski definition) is 13. The van der Waals surface area contributed by atoms with Gasteiger partial charge in [0.1, 0.15) is 48.8 Å². The Kier molecular flexibility index (Phi) is 18.8. The van der Waals surface area contributed by atoms with E-state index in [0.29, 0.717) is 0 Å². The van der Waals surface area contributed by atoms with E-state index in [1.807, 2.05) is 6.08 Å². The van der Waals surface area contributed by atoms with Gasteiger partial charge in [0.15, 0.2) is 12.6 Å². The highest BCUT2D eigenvalue weighted by molar-refractivity contribution is 4.96. The van der Waals surface area contributed by atoms with Crippen LogP contribution in [0.25, 0.3) is 0 Å². The van der Waals surface area contributed by atoms with Crippen molar-refractivity contribution >= 4 is 0 Å². The van der Waals surface area contributed by atoms with Crippen LogP contribution in [0.2, 0.25) is 0 Å². The second-order valence-corrected chi connectivity index (χ2v) is 11.7. The molecule has 2 aliphatic heterocycles. The summed E-state index contributed by atoms with van der Waals surface area (Å²) < 4.78 is 21.9. The van der Waals surface area contributed by atoms with Crippen LogP contribution >= 0.6 is 0 Å². The van der Waals surface area contributed by atoms with Gasteiger partial charge in [-0.3, -0.25) is 0 Å². The lowest BCUT2D eigenvalue weighted by molar-refractivity contribution is -0.359. The van der Waals surface area contributed by atoms with Crippen LogP contribution in [0.3, 0.4) is 0 Å².